The van der Waals surface area contributed by atoms with Gasteiger partial charge >= 0.3 is 42.0 Å². The van der Waals surface area contributed by atoms with Gasteiger partial charge in [-0.05, 0) is 183 Å². The van der Waals surface area contributed by atoms with E-state index in [2.05, 4.69) is 82.2 Å². The highest BCUT2D eigenvalue weighted by Crippen LogP contribution is 2.69. The van der Waals surface area contributed by atoms with Gasteiger partial charge in [-0.3, -0.25) is 49.4 Å². The summed E-state index contributed by atoms with van der Waals surface area (Å²) in [5, 5.41) is 39.9. The van der Waals surface area contributed by atoms with Crippen molar-refractivity contribution in [2.75, 3.05) is 93.9 Å². The van der Waals surface area contributed by atoms with Crippen molar-refractivity contribution < 1.29 is 114 Å². The van der Waals surface area contributed by atoms with Crippen molar-refractivity contribution in [1.29, 1.82) is 10.5 Å². The molecule has 2 spiro atoms. The minimum Gasteiger partial charge on any atom is -0.504 e. The van der Waals surface area contributed by atoms with E-state index < -0.39 is 93.6 Å². The van der Waals surface area contributed by atoms with E-state index in [4.69, 9.17) is 75.8 Å². The second-order valence-electron chi connectivity index (χ2n) is 42.1. The summed E-state index contributed by atoms with van der Waals surface area (Å²) >= 11 is 3.00. The average Bonchev–Trinajstić information content (AvgIpc) is 1.12. The number of phenolic OH excluding ortho intramolecular Hbond substituents is 1. The number of benzene rings is 6. The number of thioether (sulfide) groups is 2. The number of carbonyl (C=O) groups excluding carboxylic acids is 7. The predicted molar refractivity (Wildman–Crippen MR) is 551 cm³/mol. The van der Waals surface area contributed by atoms with Crippen molar-refractivity contribution in [2.24, 2.45) is 0 Å². The number of hydrogen-bond acceptors (Lipinski definition) is 34. The molecule has 20 rings (SSSR count). The van der Waals surface area contributed by atoms with E-state index in [-0.39, 0.29) is 123 Å². The third-order valence-corrected chi connectivity index (χ3v) is 34.7. The molecule has 0 amide bonds. The lowest BCUT2D eigenvalue weighted by Crippen LogP contribution is -2.69. The maximum atomic E-state index is 15.4. The largest absolute Gasteiger partial charge is 0.514 e. The number of nitriles is 2. The smallest absolute Gasteiger partial charge is 0.504 e. The number of aromatic hydroxyl groups is 1. The molecule has 14 atom stereocenters. The zero-order valence-electron chi connectivity index (χ0n) is 88.2. The second kappa shape index (κ2) is 45.9. The van der Waals surface area contributed by atoms with E-state index in [1.54, 1.807) is 59.3 Å². The SMILES string of the molecule is CCCCCCCC(=O)Oc1c(C)c2c(c3c1[C@H]1SC[C@]4(NCCc5cc(O)c(OC)cc54)C(=O)OC[C@@H]3N3C1[C@H]1c4c(cc(C)c(OC)c4OC(=O)CCCCCCC)C[C@@H]([C@@H]3C#N)N1C)OCO2.CCCCCCCC(=O)Oc1c(C)c2c(c3c1[C@H]1SC[C@]4(NCCc5cc(OC(=O)OC(C)(C)C)c(OC)cc54)C(=O)OC[C@@H]3N3C1[C@H]1c4c(cc(C)c(OC)c4OC(=O)CCCCCCC)C[C@@H]([C@@H]3C#N)N1C)OCO2. The number of fused-ring (bicyclic) bond motifs is 18. The first kappa shape index (κ1) is 107. The third kappa shape index (κ3) is 20.4. The van der Waals surface area contributed by atoms with Crippen LogP contribution >= 0.6 is 23.5 Å². The summed E-state index contributed by atoms with van der Waals surface area (Å²) in [6, 6.07) is 10.4. The van der Waals surface area contributed by atoms with Crippen LogP contribution < -0.4 is 72.2 Å². The molecule has 14 aliphatic heterocycles. The molecule has 0 saturated carbocycles. The number of nitrogens with one attached hydrogen (secondary N) is 2. The van der Waals surface area contributed by atoms with Crippen LogP contribution in [0.2, 0.25) is 0 Å². The normalized spacial score (nSPS) is 24.6. The molecular formula is C113H144N8O24S2. The monoisotopic (exact) mass is 2060 g/mol. The van der Waals surface area contributed by atoms with E-state index in [0.29, 0.717) is 166 Å². The van der Waals surface area contributed by atoms with Crippen molar-refractivity contribution in [3.05, 3.63) is 125 Å². The zero-order valence-corrected chi connectivity index (χ0v) is 89.8. The molecular weight excluding hydrogens is 1920 g/mol. The summed E-state index contributed by atoms with van der Waals surface area (Å²) in [6.45, 7) is 21.7. The molecule has 32 nitrogen and oxygen atoms in total. The highest BCUT2D eigenvalue weighted by Gasteiger charge is 2.66. The molecule has 0 aliphatic carbocycles. The number of piperazine rings is 2. The summed E-state index contributed by atoms with van der Waals surface area (Å²) in [4.78, 5) is 109. The number of carbonyl (C=O) groups is 7. The van der Waals surface area contributed by atoms with E-state index >= 15 is 9.59 Å². The lowest BCUT2D eigenvalue weighted by Gasteiger charge is -2.62. The van der Waals surface area contributed by atoms with E-state index in [0.717, 1.165) is 147 Å². The molecule has 14 aliphatic rings. The zero-order chi connectivity index (χ0) is 104. The van der Waals surface area contributed by atoms with Gasteiger partial charge in [0, 0.05) is 119 Å². The Balaban J connectivity index is 0.000000202. The molecule has 6 aromatic carbocycles. The molecule has 3 N–H and O–H groups in total. The number of rotatable bonds is 33. The molecule has 8 bridgehead atoms. The Bertz CT molecular complexity index is 6090. The van der Waals surface area contributed by atoms with Gasteiger partial charge in [0.1, 0.15) is 42.4 Å². The van der Waals surface area contributed by atoms with Crippen LogP contribution in [-0.2, 0) is 79.7 Å². The Morgan fingerprint density at radius 3 is 1.20 bits per heavy atom. The van der Waals surface area contributed by atoms with Gasteiger partial charge in [0.15, 0.2) is 80.1 Å². The standard InChI is InChI=1S/C59H76N4O13S.C54H68N4O11S/c1-11-13-15-17-19-21-43(64)74-51-34(4)52-53(72-32-71-52)46-40-30-70-56(66)59(37-28-41(68-9)42(27-35(37)23-24-61-59)73-57(67)76-58(5,6)7)31-77-55(47(46)51)49-48-45-36(26-38(62(48)8)39(29-60)63(40)49)25-33(3)50(69-10)54(45)75-44(65)22-20-18-16-14-12-2;1-8-10-12-14-16-18-40(60)68-48-31(4)49-50(67-29-66-49)43-37-27-65-53(62)54(34-25-39(63-6)38(59)24-32(34)20-21-56-54)28-70-52(44(43)48)46-45-42-33(23-35(57(45)5)36(26-55)58(37)46)22-30(3)47(64-7)51(42)69-41(61)19-17-15-13-11-9-2/h25,27-28,38-40,48-49,55,61H,11-24,26,30-32H2,1-10H3;22,24-25,35-37,45-46,52,56,59H,8-21,23,27-29H2,1-7H3/t38-,39-,40-,48+,49?,55+,59+;35-,36-,37-,45+,46?,52+,54+/m00/s1. The first-order valence-corrected chi connectivity index (χ1v) is 55.1. The van der Waals surface area contributed by atoms with Crippen LogP contribution in [0, 0.1) is 50.4 Å². The maximum absolute atomic E-state index is 15.4. The minimum absolute atomic E-state index is 0.0249. The molecule has 792 valence electrons. The predicted octanol–water partition coefficient (Wildman–Crippen LogP) is 19.4. The number of nitrogens with zero attached hydrogens (tertiary/aromatic N) is 6. The number of aryl methyl sites for hydroxylation is 2. The van der Waals surface area contributed by atoms with Gasteiger partial charge in [-0.25, -0.2) is 14.4 Å². The van der Waals surface area contributed by atoms with Gasteiger partial charge < -0.3 is 80.9 Å². The molecule has 14 heterocycles. The topological polar surface area (TPSA) is 372 Å². The van der Waals surface area contributed by atoms with Crippen molar-refractivity contribution in [3.63, 3.8) is 0 Å². The Kier molecular flexibility index (Phi) is 33.5. The van der Waals surface area contributed by atoms with Crippen LogP contribution in [0.4, 0.5) is 4.79 Å². The van der Waals surface area contributed by atoms with Crippen molar-refractivity contribution in [2.45, 2.75) is 344 Å². The molecule has 2 unspecified atom stereocenters. The van der Waals surface area contributed by atoms with E-state index in [1.807, 2.05) is 41.8 Å². The number of methoxy groups -OCH3 is 4. The van der Waals surface area contributed by atoms with Crippen LogP contribution in [0.5, 0.6) is 80.5 Å². The molecule has 4 saturated heterocycles. The number of phenols is 1. The van der Waals surface area contributed by atoms with Crippen LogP contribution in [0.15, 0.2) is 36.4 Å². The van der Waals surface area contributed by atoms with Crippen molar-refractivity contribution in [3.8, 4) is 92.6 Å². The molecule has 147 heavy (non-hydrogen) atoms. The van der Waals surface area contributed by atoms with E-state index in [9.17, 15) is 39.6 Å². The third-order valence-electron chi connectivity index (χ3n) is 31.7. The van der Waals surface area contributed by atoms with Gasteiger partial charge in [-0.1, -0.05) is 143 Å². The molecule has 4 fully saturated rings. The summed E-state index contributed by atoms with van der Waals surface area (Å²) in [5.41, 5.74) is 8.05. The maximum Gasteiger partial charge on any atom is 0.514 e. The quantitative estimate of drug-likeness (QED) is 0.0113. The summed E-state index contributed by atoms with van der Waals surface area (Å²) in [6.07, 6.45) is 21.2. The molecule has 0 radical (unpaired) electrons. The Labute approximate surface area is 871 Å². The Hall–Kier alpha value is -10.9. The van der Waals surface area contributed by atoms with Gasteiger partial charge in [0.2, 0.25) is 13.6 Å². The Morgan fingerprint density at radius 2 is 0.823 bits per heavy atom. The van der Waals surface area contributed by atoms with Crippen LogP contribution in [0.3, 0.4) is 0 Å². The van der Waals surface area contributed by atoms with Crippen LogP contribution in [-0.4, -0.2) is 202 Å². The Morgan fingerprint density at radius 1 is 0.449 bits per heavy atom. The minimum atomic E-state index is -1.49. The number of esters is 6. The van der Waals surface area contributed by atoms with Gasteiger partial charge in [-0.2, -0.15) is 10.5 Å². The number of hydrogen-bond donors (Lipinski definition) is 3. The van der Waals surface area contributed by atoms with E-state index in [1.165, 1.54) is 37.7 Å². The molecule has 6 aromatic rings. The summed E-state index contributed by atoms with van der Waals surface area (Å²) in [5.74, 6) is 2.42. The highest BCUT2D eigenvalue weighted by molar-refractivity contribution is 7.99. The number of likely N-dealkylation sites (N-methyl/N-ethyl adjacent to an activating group) is 2. The molecule has 34 heteroatoms. The lowest BCUT2D eigenvalue weighted by atomic mass is 9.71. The summed E-state index contributed by atoms with van der Waals surface area (Å²) in [7, 11) is 10.2. The van der Waals surface area contributed by atoms with Gasteiger partial charge in [-0.15, -0.1) is 23.5 Å². The first-order chi connectivity index (χ1) is 70.9. The van der Waals surface area contributed by atoms with Crippen molar-refractivity contribution >= 4 is 65.5 Å². The fraction of sp³-hybridized carbons (Fsp3) is 0.602. The second-order valence-corrected chi connectivity index (χ2v) is 44.3. The number of ether oxygens (including phenoxy) is 16. The highest BCUT2D eigenvalue weighted by atomic mass is 32.2. The first-order valence-electron chi connectivity index (χ1n) is 53.0. The van der Waals surface area contributed by atoms with Crippen LogP contribution in [0.1, 0.15) is 326 Å². The average molecular weight is 2060 g/mol. The number of unbranched alkanes of at least 4 members (excludes halogenated alkanes) is 16. The van der Waals surface area contributed by atoms with Crippen molar-refractivity contribution in [1.82, 2.24) is 30.2 Å². The summed E-state index contributed by atoms with van der Waals surface area (Å²) < 4.78 is 100. The van der Waals surface area contributed by atoms with Gasteiger partial charge in [0.05, 0.1) is 75.2 Å². The van der Waals surface area contributed by atoms with Crippen LogP contribution in [0.25, 0.3) is 0 Å². The lowest BCUT2D eigenvalue weighted by molar-refractivity contribution is -0.158. The molecule has 0 aromatic heterocycles. The fourth-order valence-corrected chi connectivity index (χ4v) is 28.2. The van der Waals surface area contributed by atoms with Gasteiger partial charge in [0.25, 0.3) is 0 Å². The fourth-order valence-electron chi connectivity index (χ4n) is 24.8.